The fourth-order valence-corrected chi connectivity index (χ4v) is 4.56. The van der Waals surface area contributed by atoms with Crippen molar-refractivity contribution in [2.75, 3.05) is 17.5 Å². The van der Waals surface area contributed by atoms with Gasteiger partial charge in [-0.25, -0.2) is 8.42 Å². The second kappa shape index (κ2) is 10.3. The topological polar surface area (TPSA) is 98.7 Å². The van der Waals surface area contributed by atoms with Gasteiger partial charge in [-0.2, -0.15) is 0 Å². The Kier molecular flexibility index (Phi) is 7.17. The Bertz CT molecular complexity index is 1370. The Morgan fingerprint density at radius 1 is 0.824 bits per heavy atom. The largest absolute Gasteiger partial charge is 0.506 e. The number of rotatable bonds is 9. The Labute approximate surface area is 200 Å². The minimum absolute atomic E-state index is 0.0365. The molecule has 0 saturated heterocycles. The lowest BCUT2D eigenvalue weighted by Crippen LogP contribution is -2.28. The van der Waals surface area contributed by atoms with Gasteiger partial charge in [0.15, 0.2) is 0 Å². The fraction of sp³-hybridized carbons (Fsp3) is 0.185. The number of phenols is 1. The summed E-state index contributed by atoms with van der Waals surface area (Å²) in [5.74, 6) is -0.201. The van der Waals surface area contributed by atoms with E-state index in [2.05, 4.69) is 52.5 Å². The molecule has 6 nitrogen and oxygen atoms in total. The van der Waals surface area contributed by atoms with Crippen LogP contribution in [0.3, 0.4) is 0 Å². The van der Waals surface area contributed by atoms with E-state index in [1.807, 2.05) is 30.3 Å². The summed E-state index contributed by atoms with van der Waals surface area (Å²) in [4.78, 5) is 0. The maximum Gasteiger partial charge on any atom is 0.229 e. The summed E-state index contributed by atoms with van der Waals surface area (Å²) in [5, 5.41) is 26.6. The molecule has 0 unspecified atom stereocenters. The second-order valence-electron chi connectivity index (χ2n) is 8.42. The van der Waals surface area contributed by atoms with Crippen LogP contribution in [0.15, 0.2) is 91.0 Å². The van der Waals surface area contributed by atoms with E-state index in [0.717, 1.165) is 23.6 Å². The zero-order valence-electron chi connectivity index (χ0n) is 18.8. The van der Waals surface area contributed by atoms with Crippen LogP contribution in [-0.4, -0.2) is 31.4 Å². The first-order chi connectivity index (χ1) is 16.3. The van der Waals surface area contributed by atoms with Gasteiger partial charge in [-0.1, -0.05) is 72.8 Å². The van der Waals surface area contributed by atoms with Gasteiger partial charge < -0.3 is 15.5 Å². The zero-order chi connectivity index (χ0) is 24.1. The van der Waals surface area contributed by atoms with Gasteiger partial charge in [0, 0.05) is 12.6 Å². The van der Waals surface area contributed by atoms with Crippen LogP contribution in [0.4, 0.5) is 5.69 Å². The quantitative estimate of drug-likeness (QED) is 0.266. The molecule has 0 heterocycles. The molecule has 34 heavy (non-hydrogen) atoms. The van der Waals surface area contributed by atoms with Gasteiger partial charge >= 0.3 is 0 Å². The van der Waals surface area contributed by atoms with Crippen LogP contribution in [0, 0.1) is 0 Å². The van der Waals surface area contributed by atoms with Gasteiger partial charge in [-0.05, 0) is 52.1 Å². The molecule has 4 aromatic carbocycles. The van der Waals surface area contributed by atoms with Gasteiger partial charge in [-0.15, -0.1) is 0 Å². The molecule has 4 aromatic rings. The minimum atomic E-state index is -3.56. The Morgan fingerprint density at radius 3 is 2.24 bits per heavy atom. The summed E-state index contributed by atoms with van der Waals surface area (Å²) < 4.78 is 25.4. The van der Waals surface area contributed by atoms with Gasteiger partial charge in [0.2, 0.25) is 10.0 Å². The standard InChI is InChI=1S/C27H28N2O4S/c1-34(32,33)29-25-17-23(13-14-26(25)30)27(31)18-28-24(15-19-7-3-2-4-8-19)22-12-11-20-9-5-6-10-21(20)16-22/h2-14,16-17,24,27-31H,15,18H2,1H3/t24-,27+/m1/s1. The molecule has 0 fully saturated rings. The minimum Gasteiger partial charge on any atom is -0.506 e. The number of aliphatic hydroxyl groups is 1. The van der Waals surface area contributed by atoms with Crippen molar-refractivity contribution >= 4 is 26.5 Å². The number of aromatic hydroxyl groups is 1. The van der Waals surface area contributed by atoms with Crippen LogP contribution in [-0.2, 0) is 16.4 Å². The van der Waals surface area contributed by atoms with Gasteiger partial charge in [-0.3, -0.25) is 4.72 Å². The number of aliphatic hydroxyl groups excluding tert-OH is 1. The number of benzene rings is 4. The molecule has 0 aliphatic rings. The van der Waals surface area contributed by atoms with Gasteiger partial charge in [0.05, 0.1) is 18.0 Å². The number of hydrogen-bond acceptors (Lipinski definition) is 5. The lowest BCUT2D eigenvalue weighted by molar-refractivity contribution is 0.169. The summed E-state index contributed by atoms with van der Waals surface area (Å²) in [7, 11) is -3.56. The first-order valence-corrected chi connectivity index (χ1v) is 12.9. The third kappa shape index (κ3) is 6.14. The average Bonchev–Trinajstić information content (AvgIpc) is 2.82. The molecule has 4 rings (SSSR count). The van der Waals surface area contributed by atoms with Crippen LogP contribution in [0.1, 0.15) is 28.8 Å². The normalized spacial score (nSPS) is 13.5. The second-order valence-corrected chi connectivity index (χ2v) is 10.2. The van der Waals surface area contributed by atoms with E-state index in [1.54, 1.807) is 6.07 Å². The highest BCUT2D eigenvalue weighted by molar-refractivity contribution is 7.92. The van der Waals surface area contributed by atoms with Crippen LogP contribution in [0.2, 0.25) is 0 Å². The summed E-state index contributed by atoms with van der Waals surface area (Å²) in [6.07, 6.45) is 0.844. The maximum atomic E-state index is 11.6. The molecule has 4 N–H and O–H groups in total. The summed E-state index contributed by atoms with van der Waals surface area (Å²) in [6, 6.07) is 29.1. The van der Waals surface area contributed by atoms with Crippen LogP contribution in [0.5, 0.6) is 5.75 Å². The molecular formula is C27H28N2O4S. The highest BCUT2D eigenvalue weighted by Gasteiger charge is 2.17. The molecule has 2 atom stereocenters. The van der Waals surface area contributed by atoms with Crippen molar-refractivity contribution < 1.29 is 18.6 Å². The Balaban J connectivity index is 1.56. The molecule has 0 aromatic heterocycles. The molecule has 0 radical (unpaired) electrons. The van der Waals surface area contributed by atoms with E-state index in [1.165, 1.54) is 23.1 Å². The first kappa shape index (κ1) is 23.8. The maximum absolute atomic E-state index is 11.6. The third-order valence-electron chi connectivity index (χ3n) is 5.72. The number of anilines is 1. The van der Waals surface area contributed by atoms with E-state index in [-0.39, 0.29) is 24.0 Å². The molecule has 176 valence electrons. The van der Waals surface area contributed by atoms with Crippen LogP contribution < -0.4 is 10.0 Å². The molecule has 7 heteroatoms. The van der Waals surface area contributed by atoms with Gasteiger partial charge in [0.1, 0.15) is 5.75 Å². The number of sulfonamides is 1. The zero-order valence-corrected chi connectivity index (χ0v) is 19.7. The van der Waals surface area contributed by atoms with E-state index >= 15 is 0 Å². The Morgan fingerprint density at radius 2 is 1.50 bits per heavy atom. The van der Waals surface area contributed by atoms with Crippen LogP contribution >= 0.6 is 0 Å². The highest BCUT2D eigenvalue weighted by atomic mass is 32.2. The SMILES string of the molecule is CS(=O)(=O)Nc1cc([C@@H](O)CN[C@H](Cc2ccccc2)c2ccc3ccccc3c2)ccc1O. The molecule has 0 spiro atoms. The van der Waals surface area contributed by atoms with Crippen molar-refractivity contribution in [2.24, 2.45) is 0 Å². The highest BCUT2D eigenvalue weighted by Crippen LogP contribution is 2.29. The summed E-state index contributed by atoms with van der Waals surface area (Å²) >= 11 is 0. The number of phenolic OH excluding ortho intramolecular Hbond substituents is 1. The average molecular weight is 477 g/mol. The molecule has 0 bridgehead atoms. The molecule has 0 amide bonds. The number of hydrogen-bond donors (Lipinski definition) is 4. The van der Waals surface area contributed by atoms with Crippen LogP contribution in [0.25, 0.3) is 10.8 Å². The van der Waals surface area contributed by atoms with E-state index < -0.39 is 16.1 Å². The summed E-state index contributed by atoms with van der Waals surface area (Å²) in [5.41, 5.74) is 2.81. The van der Waals surface area contributed by atoms with E-state index in [0.29, 0.717) is 5.56 Å². The van der Waals surface area contributed by atoms with Crippen molar-refractivity contribution in [3.8, 4) is 5.75 Å². The lowest BCUT2D eigenvalue weighted by atomic mass is 9.96. The predicted octanol–water partition coefficient (Wildman–Crippen LogP) is 4.52. The monoisotopic (exact) mass is 476 g/mol. The number of nitrogens with one attached hydrogen (secondary N) is 2. The third-order valence-corrected chi connectivity index (χ3v) is 6.31. The first-order valence-electron chi connectivity index (χ1n) is 11.0. The summed E-state index contributed by atoms with van der Waals surface area (Å²) in [6.45, 7) is 0.243. The molecule has 0 saturated carbocycles. The molecular weight excluding hydrogens is 448 g/mol. The van der Waals surface area contributed by atoms with E-state index in [9.17, 15) is 18.6 Å². The van der Waals surface area contributed by atoms with Crippen molar-refractivity contribution in [3.63, 3.8) is 0 Å². The smallest absolute Gasteiger partial charge is 0.229 e. The fourth-order valence-electron chi connectivity index (χ4n) is 4.00. The van der Waals surface area contributed by atoms with E-state index in [4.69, 9.17) is 0 Å². The van der Waals surface area contributed by atoms with Crippen molar-refractivity contribution in [1.29, 1.82) is 0 Å². The molecule has 0 aliphatic heterocycles. The van der Waals surface area contributed by atoms with Gasteiger partial charge in [0.25, 0.3) is 0 Å². The van der Waals surface area contributed by atoms with Crippen molar-refractivity contribution in [2.45, 2.75) is 18.6 Å². The van der Waals surface area contributed by atoms with Crippen molar-refractivity contribution in [1.82, 2.24) is 5.32 Å². The molecule has 0 aliphatic carbocycles. The predicted molar refractivity (Wildman–Crippen MR) is 136 cm³/mol. The lowest BCUT2D eigenvalue weighted by Gasteiger charge is -2.22. The Hall–Kier alpha value is -3.39. The van der Waals surface area contributed by atoms with Crippen molar-refractivity contribution in [3.05, 3.63) is 108 Å². The number of fused-ring (bicyclic) bond motifs is 1.